The maximum atomic E-state index is 11.2. The van der Waals surface area contributed by atoms with E-state index in [2.05, 4.69) is 26.2 Å². The van der Waals surface area contributed by atoms with E-state index in [1.807, 2.05) is 0 Å². The first-order valence-electron chi connectivity index (χ1n) is 4.91. The predicted octanol–water partition coefficient (Wildman–Crippen LogP) is 3.36. The molecule has 0 saturated carbocycles. The minimum atomic E-state index is -3.96. The van der Waals surface area contributed by atoms with Crippen LogP contribution >= 0.6 is 15.9 Å². The molecule has 0 aliphatic heterocycles. The van der Waals surface area contributed by atoms with Gasteiger partial charge in [0.05, 0.1) is 14.9 Å². The van der Waals surface area contributed by atoms with Crippen LogP contribution in [0.5, 0.6) is 0 Å². The smallest absolute Gasteiger partial charge is 0.668 e. The van der Waals surface area contributed by atoms with Gasteiger partial charge in [-0.3, -0.25) is 4.98 Å². The number of nitrogens with zero attached hydrogens (tertiary/aromatic N) is 2. The van der Waals surface area contributed by atoms with E-state index in [1.165, 1.54) is 12.3 Å². The van der Waals surface area contributed by atoms with Gasteiger partial charge in [-0.2, -0.15) is 14.1 Å². The fraction of sp³-hybridized carbons (Fsp3) is 0.182. The number of hydrogen-bond donors (Lipinski definition) is 0. The summed E-state index contributed by atoms with van der Waals surface area (Å²) in [6, 6.07) is 4.76. The fourth-order valence-electron chi connectivity index (χ4n) is 1.38. The Kier molecular flexibility index (Phi) is 8.43. The summed E-state index contributed by atoms with van der Waals surface area (Å²) in [6.45, 7) is 0. The molecule has 0 saturated heterocycles. The third-order valence-electron chi connectivity index (χ3n) is 1.99. The first-order chi connectivity index (χ1) is 8.41. The second-order valence-corrected chi connectivity index (χ2v) is 5.73. The fourth-order valence-corrected chi connectivity index (χ4v) is 2.83. The van der Waals surface area contributed by atoms with Crippen LogP contribution < -0.4 is 0 Å². The second kappa shape index (κ2) is 8.39. The SMILES string of the molecule is C[N-]C.[NH-]S(=O)(=O)c1cccc2cncc(Br)c12.[Y+3]. The average Bonchev–Trinajstić information content (AvgIpc) is 2.28. The van der Waals surface area contributed by atoms with Crippen molar-refractivity contribution in [3.05, 3.63) is 45.5 Å². The van der Waals surface area contributed by atoms with Gasteiger partial charge in [0.2, 0.25) is 0 Å². The van der Waals surface area contributed by atoms with Crippen LogP contribution in [0.1, 0.15) is 0 Å². The summed E-state index contributed by atoms with van der Waals surface area (Å²) in [5.74, 6) is 0. The summed E-state index contributed by atoms with van der Waals surface area (Å²) >= 11 is 3.23. The first-order valence-corrected chi connectivity index (χ1v) is 7.19. The maximum absolute atomic E-state index is 11.2. The van der Waals surface area contributed by atoms with E-state index in [4.69, 9.17) is 5.14 Å². The van der Waals surface area contributed by atoms with Crippen LogP contribution in [0.3, 0.4) is 0 Å². The predicted molar refractivity (Wildman–Crippen MR) is 76.2 cm³/mol. The van der Waals surface area contributed by atoms with E-state index in [1.54, 1.807) is 32.4 Å². The number of rotatable bonds is 1. The molecule has 0 amide bonds. The van der Waals surface area contributed by atoms with E-state index in [0.29, 0.717) is 15.2 Å². The van der Waals surface area contributed by atoms with Crippen LogP contribution in [0.15, 0.2) is 40.0 Å². The Balaban J connectivity index is 0.000000742. The molecule has 8 heteroatoms. The second-order valence-electron chi connectivity index (χ2n) is 3.43. The number of sulfonamides is 1. The molecule has 98 valence electrons. The Morgan fingerprint density at radius 3 is 2.37 bits per heavy atom. The zero-order valence-electron chi connectivity index (χ0n) is 10.5. The van der Waals surface area contributed by atoms with E-state index in [0.717, 1.165) is 0 Å². The van der Waals surface area contributed by atoms with Crippen LogP contribution in [0.2, 0.25) is 0 Å². The largest absolute Gasteiger partial charge is 3.00 e. The topological polar surface area (TPSA) is 84.9 Å². The van der Waals surface area contributed by atoms with Crippen LogP contribution in [0, 0.1) is 0 Å². The Hall–Kier alpha value is 0.0839. The van der Waals surface area contributed by atoms with Crippen LogP contribution in [0.4, 0.5) is 0 Å². The number of halogens is 1. The van der Waals surface area contributed by atoms with E-state index < -0.39 is 10.0 Å². The van der Waals surface area contributed by atoms with Crippen molar-refractivity contribution in [1.82, 2.24) is 4.98 Å². The molecular formula is C11H12BrN3O2SY+. The minimum Gasteiger partial charge on any atom is -0.668 e. The van der Waals surface area contributed by atoms with E-state index in [-0.39, 0.29) is 37.6 Å². The molecule has 0 bridgehead atoms. The quantitative estimate of drug-likeness (QED) is 0.711. The van der Waals surface area contributed by atoms with Gasteiger partial charge in [-0.05, 0) is 22.0 Å². The van der Waals surface area contributed by atoms with Crippen molar-refractivity contribution in [3.8, 4) is 0 Å². The summed E-state index contributed by atoms with van der Waals surface area (Å²) < 4.78 is 23.0. The number of aromatic nitrogens is 1. The number of nitrogens with one attached hydrogen (secondary N) is 1. The molecule has 0 unspecified atom stereocenters. The molecular weight excluding hydrogens is 407 g/mol. The minimum absolute atomic E-state index is 0. The molecule has 5 nitrogen and oxygen atoms in total. The molecule has 1 aromatic carbocycles. The van der Waals surface area contributed by atoms with Gasteiger partial charge >= 0.3 is 32.7 Å². The van der Waals surface area contributed by atoms with Crippen molar-refractivity contribution in [2.24, 2.45) is 0 Å². The van der Waals surface area contributed by atoms with Crippen molar-refractivity contribution in [2.45, 2.75) is 4.90 Å². The number of hydrogen-bond acceptors (Lipinski definition) is 3. The number of pyridine rings is 1. The molecule has 19 heavy (non-hydrogen) atoms. The first kappa shape index (κ1) is 19.1. The Labute approximate surface area is 146 Å². The summed E-state index contributed by atoms with van der Waals surface area (Å²) in [5, 5.41) is 11.8. The zero-order chi connectivity index (χ0) is 13.8. The van der Waals surface area contributed by atoms with Gasteiger partial charge in [-0.1, -0.05) is 12.1 Å². The van der Waals surface area contributed by atoms with Crippen molar-refractivity contribution in [2.75, 3.05) is 14.1 Å². The summed E-state index contributed by atoms with van der Waals surface area (Å²) in [5.41, 5.74) is 0. The standard InChI is InChI=1S/C9H6BrN2O2S.C2H6N.Y/c10-7-5-12-4-6-2-1-3-8(9(6)7)15(11,13)14;1-3-2;/h1-5H,(H-,11,13,14);1-2H3;/q2*-1;+3. The molecule has 0 aliphatic carbocycles. The summed E-state index contributed by atoms with van der Waals surface area (Å²) in [4.78, 5) is 3.93. The van der Waals surface area contributed by atoms with Gasteiger partial charge in [-0.25, -0.2) is 8.42 Å². The van der Waals surface area contributed by atoms with Crippen molar-refractivity contribution in [3.63, 3.8) is 0 Å². The third-order valence-corrected chi connectivity index (χ3v) is 3.51. The molecule has 1 heterocycles. The zero-order valence-corrected chi connectivity index (χ0v) is 15.7. The Bertz CT molecular complexity index is 644. The third kappa shape index (κ3) is 5.17. The molecule has 0 aliphatic rings. The van der Waals surface area contributed by atoms with Crippen LogP contribution in [-0.2, 0) is 42.7 Å². The molecule has 2 aromatic rings. The molecule has 0 radical (unpaired) electrons. The number of benzene rings is 1. The normalized spacial score (nSPS) is 10.3. The Morgan fingerprint density at radius 2 is 1.84 bits per heavy atom. The van der Waals surface area contributed by atoms with Crippen molar-refractivity contribution in [1.29, 1.82) is 0 Å². The maximum Gasteiger partial charge on any atom is 3.00 e. The van der Waals surface area contributed by atoms with Crippen molar-refractivity contribution < 1.29 is 41.1 Å². The Morgan fingerprint density at radius 1 is 1.26 bits per heavy atom. The monoisotopic (exact) mass is 418 g/mol. The average molecular weight is 419 g/mol. The van der Waals surface area contributed by atoms with Gasteiger partial charge in [-0.15, -0.1) is 0 Å². The van der Waals surface area contributed by atoms with Crippen molar-refractivity contribution >= 4 is 36.7 Å². The van der Waals surface area contributed by atoms with Gasteiger partial charge in [0.25, 0.3) is 0 Å². The van der Waals surface area contributed by atoms with E-state index >= 15 is 0 Å². The summed E-state index contributed by atoms with van der Waals surface area (Å²) in [6.07, 6.45) is 3.08. The van der Waals surface area contributed by atoms with Crippen LogP contribution in [-0.4, -0.2) is 27.5 Å². The van der Waals surface area contributed by atoms with Gasteiger partial charge in [0, 0.05) is 27.6 Å². The molecule has 1 aromatic heterocycles. The van der Waals surface area contributed by atoms with Gasteiger partial charge in [0.15, 0.2) is 0 Å². The van der Waals surface area contributed by atoms with E-state index in [9.17, 15) is 8.42 Å². The molecule has 0 fully saturated rings. The molecule has 0 atom stereocenters. The molecule has 1 N–H and O–H groups in total. The van der Waals surface area contributed by atoms with Gasteiger partial charge in [0.1, 0.15) is 0 Å². The molecule has 2 rings (SSSR count). The van der Waals surface area contributed by atoms with Gasteiger partial charge < -0.3 is 10.5 Å². The van der Waals surface area contributed by atoms with Crippen LogP contribution in [0.25, 0.3) is 21.2 Å². The summed E-state index contributed by atoms with van der Waals surface area (Å²) in [7, 11) is -0.460. The number of fused-ring (bicyclic) bond motifs is 1. The molecule has 0 spiro atoms.